The molecule has 0 unspecified atom stereocenters. The molecule has 3 N–H and O–H groups in total. The van der Waals surface area contributed by atoms with Crippen LogP contribution in [-0.2, 0) is 13.0 Å². The summed E-state index contributed by atoms with van der Waals surface area (Å²) in [6.07, 6.45) is 4.30. The van der Waals surface area contributed by atoms with E-state index >= 15 is 0 Å². The molecular formula is C15H17N3O. The number of benzene rings is 1. The zero-order valence-corrected chi connectivity index (χ0v) is 10.7. The van der Waals surface area contributed by atoms with Gasteiger partial charge in [0.05, 0.1) is 0 Å². The van der Waals surface area contributed by atoms with Gasteiger partial charge in [0.1, 0.15) is 0 Å². The van der Waals surface area contributed by atoms with Gasteiger partial charge in [-0.15, -0.1) is 0 Å². The molecule has 0 atom stereocenters. The number of rotatable bonds is 5. The number of aromatic nitrogens is 1. The van der Waals surface area contributed by atoms with Gasteiger partial charge < -0.3 is 11.1 Å². The standard InChI is InChI=1S/C15H17N3O/c16-11-13-2-1-3-14(10-13)15(19)18-9-6-12-4-7-17-8-5-12/h1-5,7-8,10H,6,9,11,16H2,(H,18,19). The molecular weight excluding hydrogens is 238 g/mol. The molecule has 0 spiro atoms. The van der Waals surface area contributed by atoms with Crippen molar-refractivity contribution in [3.63, 3.8) is 0 Å². The van der Waals surface area contributed by atoms with E-state index in [-0.39, 0.29) is 5.91 Å². The molecule has 1 amide bonds. The normalized spacial score (nSPS) is 10.2. The summed E-state index contributed by atoms with van der Waals surface area (Å²) in [4.78, 5) is 15.9. The smallest absolute Gasteiger partial charge is 0.251 e. The largest absolute Gasteiger partial charge is 0.352 e. The second kappa shape index (κ2) is 6.66. The molecule has 1 aromatic carbocycles. The lowest BCUT2D eigenvalue weighted by atomic mass is 10.1. The molecule has 2 rings (SSSR count). The van der Waals surface area contributed by atoms with Gasteiger partial charge >= 0.3 is 0 Å². The van der Waals surface area contributed by atoms with Gasteiger partial charge in [-0.1, -0.05) is 12.1 Å². The third-order valence-corrected chi connectivity index (χ3v) is 2.87. The van der Waals surface area contributed by atoms with Crippen molar-refractivity contribution in [2.75, 3.05) is 6.54 Å². The van der Waals surface area contributed by atoms with Crippen molar-refractivity contribution < 1.29 is 4.79 Å². The maximum absolute atomic E-state index is 11.9. The number of hydrogen-bond donors (Lipinski definition) is 2. The van der Waals surface area contributed by atoms with Crippen molar-refractivity contribution in [3.8, 4) is 0 Å². The van der Waals surface area contributed by atoms with Gasteiger partial charge in [0, 0.05) is 31.0 Å². The van der Waals surface area contributed by atoms with E-state index in [0.717, 1.165) is 17.5 Å². The Hall–Kier alpha value is -2.20. The van der Waals surface area contributed by atoms with Crippen LogP contribution >= 0.6 is 0 Å². The number of carbonyl (C=O) groups excluding carboxylic acids is 1. The highest BCUT2D eigenvalue weighted by molar-refractivity contribution is 5.94. The Labute approximate surface area is 112 Å². The second-order valence-electron chi connectivity index (χ2n) is 4.27. The fraction of sp³-hybridized carbons (Fsp3) is 0.200. The van der Waals surface area contributed by atoms with E-state index in [4.69, 9.17) is 5.73 Å². The molecule has 1 aromatic heterocycles. The minimum atomic E-state index is -0.0654. The Morgan fingerprint density at radius 2 is 1.95 bits per heavy atom. The minimum absolute atomic E-state index is 0.0654. The third-order valence-electron chi connectivity index (χ3n) is 2.87. The van der Waals surface area contributed by atoms with E-state index in [1.165, 1.54) is 0 Å². The lowest BCUT2D eigenvalue weighted by Gasteiger charge is -2.06. The highest BCUT2D eigenvalue weighted by Crippen LogP contribution is 2.04. The quantitative estimate of drug-likeness (QED) is 0.851. The molecule has 0 bridgehead atoms. The molecule has 1 heterocycles. The number of hydrogen-bond acceptors (Lipinski definition) is 3. The molecule has 0 aliphatic rings. The van der Waals surface area contributed by atoms with Crippen molar-refractivity contribution >= 4 is 5.91 Å². The molecule has 0 aliphatic carbocycles. The van der Waals surface area contributed by atoms with E-state index < -0.39 is 0 Å². The van der Waals surface area contributed by atoms with Gasteiger partial charge in [-0.05, 0) is 41.8 Å². The number of nitrogens with one attached hydrogen (secondary N) is 1. The van der Waals surface area contributed by atoms with E-state index in [0.29, 0.717) is 18.7 Å². The Bertz CT molecular complexity index is 540. The molecule has 0 radical (unpaired) electrons. The maximum Gasteiger partial charge on any atom is 0.251 e. The summed E-state index contributed by atoms with van der Waals surface area (Å²) in [7, 11) is 0. The van der Waals surface area contributed by atoms with Crippen LogP contribution in [0, 0.1) is 0 Å². The summed E-state index contributed by atoms with van der Waals surface area (Å²) in [5.41, 5.74) is 8.33. The van der Waals surface area contributed by atoms with Gasteiger partial charge in [-0.25, -0.2) is 0 Å². The fourth-order valence-corrected chi connectivity index (χ4v) is 1.81. The van der Waals surface area contributed by atoms with E-state index in [9.17, 15) is 4.79 Å². The van der Waals surface area contributed by atoms with Gasteiger partial charge in [-0.2, -0.15) is 0 Å². The van der Waals surface area contributed by atoms with Crippen LogP contribution in [0.2, 0.25) is 0 Å². The second-order valence-corrected chi connectivity index (χ2v) is 4.27. The SMILES string of the molecule is NCc1cccc(C(=O)NCCc2ccncc2)c1. The summed E-state index contributed by atoms with van der Waals surface area (Å²) in [5, 5.41) is 2.90. The predicted octanol–water partition coefficient (Wildman–Crippen LogP) is 1.51. The molecule has 4 heteroatoms. The number of amides is 1. The van der Waals surface area contributed by atoms with Crippen LogP contribution in [0.4, 0.5) is 0 Å². The number of pyridine rings is 1. The maximum atomic E-state index is 11.9. The Kier molecular flexibility index (Phi) is 4.64. The molecule has 98 valence electrons. The summed E-state index contributed by atoms with van der Waals surface area (Å²) in [5.74, 6) is -0.0654. The molecule has 0 saturated heterocycles. The van der Waals surface area contributed by atoms with E-state index in [1.54, 1.807) is 18.5 Å². The van der Waals surface area contributed by atoms with Crippen molar-refractivity contribution in [2.45, 2.75) is 13.0 Å². The fourth-order valence-electron chi connectivity index (χ4n) is 1.81. The van der Waals surface area contributed by atoms with Gasteiger partial charge in [0.25, 0.3) is 5.91 Å². The summed E-state index contributed by atoms with van der Waals surface area (Å²) < 4.78 is 0. The molecule has 0 saturated carbocycles. The van der Waals surface area contributed by atoms with Crippen LogP contribution in [0.25, 0.3) is 0 Å². The number of nitrogens with two attached hydrogens (primary N) is 1. The first-order valence-electron chi connectivity index (χ1n) is 6.25. The minimum Gasteiger partial charge on any atom is -0.352 e. The summed E-state index contributed by atoms with van der Waals surface area (Å²) >= 11 is 0. The van der Waals surface area contributed by atoms with Crippen LogP contribution in [0.1, 0.15) is 21.5 Å². The highest BCUT2D eigenvalue weighted by Gasteiger charge is 2.05. The monoisotopic (exact) mass is 255 g/mol. The number of carbonyl (C=O) groups is 1. The lowest BCUT2D eigenvalue weighted by Crippen LogP contribution is -2.25. The van der Waals surface area contributed by atoms with Gasteiger partial charge in [0.2, 0.25) is 0 Å². The molecule has 4 nitrogen and oxygen atoms in total. The Morgan fingerprint density at radius 1 is 1.16 bits per heavy atom. The lowest BCUT2D eigenvalue weighted by molar-refractivity contribution is 0.0954. The average molecular weight is 255 g/mol. The van der Waals surface area contributed by atoms with Crippen LogP contribution in [0.3, 0.4) is 0 Å². The van der Waals surface area contributed by atoms with Crippen LogP contribution in [0.5, 0.6) is 0 Å². The summed E-state index contributed by atoms with van der Waals surface area (Å²) in [6.45, 7) is 1.05. The van der Waals surface area contributed by atoms with E-state index in [1.807, 2.05) is 30.3 Å². The molecule has 19 heavy (non-hydrogen) atoms. The molecule has 0 aliphatic heterocycles. The average Bonchev–Trinajstić information content (AvgIpc) is 2.48. The molecule has 0 fully saturated rings. The molecule has 2 aromatic rings. The van der Waals surface area contributed by atoms with Crippen molar-refractivity contribution in [1.29, 1.82) is 0 Å². The van der Waals surface area contributed by atoms with Crippen LogP contribution < -0.4 is 11.1 Å². The van der Waals surface area contributed by atoms with Crippen molar-refractivity contribution in [3.05, 3.63) is 65.5 Å². The van der Waals surface area contributed by atoms with Gasteiger partial charge in [-0.3, -0.25) is 9.78 Å². The Balaban J connectivity index is 1.87. The highest BCUT2D eigenvalue weighted by atomic mass is 16.1. The zero-order chi connectivity index (χ0) is 13.5. The first kappa shape index (κ1) is 13.2. The predicted molar refractivity (Wildman–Crippen MR) is 74.6 cm³/mol. The van der Waals surface area contributed by atoms with Crippen LogP contribution in [-0.4, -0.2) is 17.4 Å². The third kappa shape index (κ3) is 3.89. The van der Waals surface area contributed by atoms with Crippen molar-refractivity contribution in [1.82, 2.24) is 10.3 Å². The van der Waals surface area contributed by atoms with Crippen LogP contribution in [0.15, 0.2) is 48.8 Å². The number of nitrogens with zero attached hydrogens (tertiary/aromatic N) is 1. The zero-order valence-electron chi connectivity index (χ0n) is 10.7. The Morgan fingerprint density at radius 3 is 2.68 bits per heavy atom. The van der Waals surface area contributed by atoms with Gasteiger partial charge in [0.15, 0.2) is 0 Å². The topological polar surface area (TPSA) is 68.0 Å². The first-order chi connectivity index (χ1) is 9.29. The first-order valence-corrected chi connectivity index (χ1v) is 6.25. The van der Waals surface area contributed by atoms with E-state index in [2.05, 4.69) is 10.3 Å². The van der Waals surface area contributed by atoms with Crippen molar-refractivity contribution in [2.24, 2.45) is 5.73 Å². The summed E-state index contributed by atoms with van der Waals surface area (Å²) in [6, 6.07) is 11.3.